The van der Waals surface area contributed by atoms with Gasteiger partial charge in [0.2, 0.25) is 0 Å². The van der Waals surface area contributed by atoms with Gasteiger partial charge in [-0.2, -0.15) is 5.26 Å². The fourth-order valence-electron chi connectivity index (χ4n) is 4.87. The topological polar surface area (TPSA) is 53.1 Å². The molecular formula is C17H29N3. The van der Waals surface area contributed by atoms with E-state index >= 15 is 0 Å². The molecule has 0 aromatic carbocycles. The van der Waals surface area contributed by atoms with Crippen molar-refractivity contribution in [1.29, 1.82) is 5.26 Å². The Balaban J connectivity index is 1.45. The zero-order chi connectivity index (χ0) is 14.1. The Bertz CT molecular complexity index is 370. The number of hydrogen-bond acceptors (Lipinski definition) is 3. The van der Waals surface area contributed by atoms with Gasteiger partial charge in [0.05, 0.1) is 6.07 Å². The number of rotatable bonds is 3. The molecule has 0 aromatic heterocycles. The molecule has 3 nitrogen and oxygen atoms in total. The van der Waals surface area contributed by atoms with Crippen molar-refractivity contribution in [2.45, 2.75) is 69.7 Å². The molecule has 3 rings (SSSR count). The fourth-order valence-corrected chi connectivity index (χ4v) is 4.87. The van der Waals surface area contributed by atoms with Crippen LogP contribution in [-0.2, 0) is 0 Å². The summed E-state index contributed by atoms with van der Waals surface area (Å²) in [6, 6.07) is 2.38. The maximum atomic E-state index is 9.28. The van der Waals surface area contributed by atoms with Gasteiger partial charge >= 0.3 is 0 Å². The minimum absolute atomic E-state index is 0.426. The summed E-state index contributed by atoms with van der Waals surface area (Å²) in [6.45, 7) is 3.70. The van der Waals surface area contributed by atoms with Crippen LogP contribution >= 0.6 is 0 Å². The Kier molecular flexibility index (Phi) is 4.06. The van der Waals surface area contributed by atoms with Crippen molar-refractivity contribution in [3.8, 4) is 6.07 Å². The molecule has 2 saturated carbocycles. The Morgan fingerprint density at radius 2 is 1.75 bits per heavy atom. The summed E-state index contributed by atoms with van der Waals surface area (Å²) in [5, 5.41) is 9.28. The van der Waals surface area contributed by atoms with Crippen molar-refractivity contribution in [1.82, 2.24) is 4.90 Å². The van der Waals surface area contributed by atoms with Gasteiger partial charge in [0.15, 0.2) is 0 Å². The molecule has 20 heavy (non-hydrogen) atoms. The third-order valence-corrected chi connectivity index (χ3v) is 6.45. The van der Waals surface area contributed by atoms with Gasteiger partial charge in [0.1, 0.15) is 5.54 Å². The van der Waals surface area contributed by atoms with Crippen molar-refractivity contribution < 1.29 is 0 Å². The average Bonchev–Trinajstić information content (AvgIpc) is 3.07. The lowest BCUT2D eigenvalue weighted by molar-refractivity contribution is 0.102. The van der Waals surface area contributed by atoms with Crippen LogP contribution in [0.5, 0.6) is 0 Å². The molecule has 0 amide bonds. The van der Waals surface area contributed by atoms with Gasteiger partial charge in [-0.3, -0.25) is 0 Å². The predicted octanol–water partition coefficient (Wildman–Crippen LogP) is 3.05. The van der Waals surface area contributed by atoms with E-state index in [-0.39, 0.29) is 0 Å². The highest BCUT2D eigenvalue weighted by Gasteiger charge is 2.40. The first-order chi connectivity index (χ1) is 9.66. The van der Waals surface area contributed by atoms with Crippen LogP contribution in [0.3, 0.4) is 0 Å². The molecule has 1 spiro atoms. The minimum Gasteiger partial charge on any atom is -0.313 e. The van der Waals surface area contributed by atoms with Crippen LogP contribution in [0.2, 0.25) is 0 Å². The van der Waals surface area contributed by atoms with E-state index in [1.54, 1.807) is 0 Å². The maximum Gasteiger partial charge on any atom is 0.107 e. The molecule has 1 saturated heterocycles. The van der Waals surface area contributed by atoms with Gasteiger partial charge in [0, 0.05) is 0 Å². The molecule has 2 unspecified atom stereocenters. The van der Waals surface area contributed by atoms with E-state index in [1.807, 2.05) is 0 Å². The summed E-state index contributed by atoms with van der Waals surface area (Å²) < 4.78 is 0. The molecule has 0 bridgehead atoms. The number of likely N-dealkylation sites (tertiary alicyclic amines) is 1. The summed E-state index contributed by atoms with van der Waals surface area (Å²) in [5.74, 6) is 0.426. The number of nitrogens with zero attached hydrogens (tertiary/aromatic N) is 2. The largest absolute Gasteiger partial charge is 0.313 e. The standard InChI is InChI=1S/C17H29N3/c18-14-17(19)8-3-4-15(17)5-11-20-12-9-16(10-13-20)6-1-2-7-16/h15H,1-13,19H2. The Hall–Kier alpha value is -0.590. The third kappa shape index (κ3) is 2.73. The van der Waals surface area contributed by atoms with Crippen LogP contribution in [0.1, 0.15) is 64.2 Å². The van der Waals surface area contributed by atoms with E-state index in [0.717, 1.165) is 32.2 Å². The van der Waals surface area contributed by atoms with Crippen molar-refractivity contribution in [2.75, 3.05) is 19.6 Å². The molecule has 3 fully saturated rings. The van der Waals surface area contributed by atoms with E-state index in [9.17, 15) is 5.26 Å². The highest BCUT2D eigenvalue weighted by molar-refractivity contribution is 5.12. The van der Waals surface area contributed by atoms with Gasteiger partial charge in [-0.15, -0.1) is 0 Å². The molecular weight excluding hydrogens is 246 g/mol. The van der Waals surface area contributed by atoms with E-state index in [0.29, 0.717) is 11.3 Å². The van der Waals surface area contributed by atoms with Gasteiger partial charge in [-0.1, -0.05) is 19.3 Å². The summed E-state index contributed by atoms with van der Waals surface area (Å²) in [5.41, 5.74) is 6.42. The van der Waals surface area contributed by atoms with Gasteiger partial charge in [-0.25, -0.2) is 0 Å². The van der Waals surface area contributed by atoms with Crippen LogP contribution in [-0.4, -0.2) is 30.1 Å². The van der Waals surface area contributed by atoms with Gasteiger partial charge < -0.3 is 10.6 Å². The smallest absolute Gasteiger partial charge is 0.107 e. The Labute approximate surface area is 123 Å². The lowest BCUT2D eigenvalue weighted by Crippen LogP contribution is -2.44. The van der Waals surface area contributed by atoms with Crippen LogP contribution < -0.4 is 5.73 Å². The molecule has 3 aliphatic rings. The molecule has 0 radical (unpaired) electrons. The van der Waals surface area contributed by atoms with E-state index in [4.69, 9.17) is 5.73 Å². The molecule has 2 N–H and O–H groups in total. The Morgan fingerprint density at radius 3 is 2.40 bits per heavy atom. The van der Waals surface area contributed by atoms with Crippen molar-refractivity contribution >= 4 is 0 Å². The monoisotopic (exact) mass is 275 g/mol. The molecule has 1 heterocycles. The number of nitrogens with two attached hydrogens (primary N) is 1. The van der Waals surface area contributed by atoms with Crippen LogP contribution in [0, 0.1) is 22.7 Å². The molecule has 2 atom stereocenters. The zero-order valence-corrected chi connectivity index (χ0v) is 12.7. The van der Waals surface area contributed by atoms with Crippen LogP contribution in [0.4, 0.5) is 0 Å². The molecule has 2 aliphatic carbocycles. The predicted molar refractivity (Wildman–Crippen MR) is 81.1 cm³/mol. The van der Waals surface area contributed by atoms with Gasteiger partial charge in [0.25, 0.3) is 0 Å². The first kappa shape index (κ1) is 14.4. The minimum atomic E-state index is -0.525. The second-order valence-electron chi connectivity index (χ2n) is 7.58. The molecule has 0 aromatic rings. The quantitative estimate of drug-likeness (QED) is 0.861. The SMILES string of the molecule is N#CC1(N)CCCC1CCN1CCC2(CCCC2)CC1. The number of hydrogen-bond donors (Lipinski definition) is 1. The van der Waals surface area contributed by atoms with Crippen molar-refractivity contribution in [2.24, 2.45) is 17.1 Å². The summed E-state index contributed by atoms with van der Waals surface area (Å²) in [6.07, 6.45) is 13.0. The second kappa shape index (κ2) is 5.66. The highest BCUT2D eigenvalue weighted by Crippen LogP contribution is 2.46. The van der Waals surface area contributed by atoms with Crippen molar-refractivity contribution in [3.05, 3.63) is 0 Å². The highest BCUT2D eigenvalue weighted by atomic mass is 15.1. The van der Waals surface area contributed by atoms with Crippen LogP contribution in [0.15, 0.2) is 0 Å². The normalized spacial score (nSPS) is 37.3. The first-order valence-corrected chi connectivity index (χ1v) is 8.58. The van der Waals surface area contributed by atoms with E-state index in [1.165, 1.54) is 51.6 Å². The van der Waals surface area contributed by atoms with E-state index < -0.39 is 5.54 Å². The fraction of sp³-hybridized carbons (Fsp3) is 0.941. The first-order valence-electron chi connectivity index (χ1n) is 8.58. The van der Waals surface area contributed by atoms with Crippen molar-refractivity contribution in [3.63, 3.8) is 0 Å². The maximum absolute atomic E-state index is 9.28. The van der Waals surface area contributed by atoms with Crippen LogP contribution in [0.25, 0.3) is 0 Å². The molecule has 3 heteroatoms. The van der Waals surface area contributed by atoms with Gasteiger partial charge in [-0.05, 0) is 75.9 Å². The van der Waals surface area contributed by atoms with E-state index in [2.05, 4.69) is 11.0 Å². The average molecular weight is 275 g/mol. The summed E-state index contributed by atoms with van der Waals surface area (Å²) >= 11 is 0. The summed E-state index contributed by atoms with van der Waals surface area (Å²) in [7, 11) is 0. The summed E-state index contributed by atoms with van der Waals surface area (Å²) in [4.78, 5) is 2.62. The number of piperidine rings is 1. The third-order valence-electron chi connectivity index (χ3n) is 6.45. The lowest BCUT2D eigenvalue weighted by atomic mass is 9.77. The lowest BCUT2D eigenvalue weighted by Gasteiger charge is -2.40. The molecule has 1 aliphatic heterocycles. The second-order valence-corrected chi connectivity index (χ2v) is 7.58. The Morgan fingerprint density at radius 1 is 1.05 bits per heavy atom. The zero-order valence-electron chi connectivity index (χ0n) is 12.7. The molecule has 112 valence electrons. The number of nitriles is 1.